The molecule has 1 aromatic heterocycles. The van der Waals surface area contributed by atoms with Crippen LogP contribution in [0.25, 0.3) is 11.3 Å². The topological polar surface area (TPSA) is 143 Å². The molecular weight excluding hydrogens is 608 g/mol. The maximum Gasteiger partial charge on any atom is 0.244 e. The summed E-state index contributed by atoms with van der Waals surface area (Å²) in [6.45, 7) is 1.16. The second-order valence-electron chi connectivity index (χ2n) is 10.2. The Morgan fingerprint density at radius 1 is 1.30 bits per heavy atom. The number of aliphatic hydroxyl groups is 1. The number of anilines is 1. The summed E-state index contributed by atoms with van der Waals surface area (Å²) in [5.41, 5.74) is 1.36. The monoisotopic (exact) mass is 637 g/mol. The number of ether oxygens (including phenoxy) is 2. The Morgan fingerprint density at radius 3 is 2.81 bits per heavy atom. The summed E-state index contributed by atoms with van der Waals surface area (Å²) in [6.07, 6.45) is 0.540. The minimum Gasteiger partial charge on any atom is -0.497 e. The van der Waals surface area contributed by atoms with Gasteiger partial charge in [0.1, 0.15) is 23.8 Å². The molecule has 5 rings (SSSR count). The molecule has 230 valence electrons. The van der Waals surface area contributed by atoms with Crippen molar-refractivity contribution in [2.45, 2.75) is 49.1 Å². The molecule has 4 atom stereocenters. The number of benzene rings is 2. The predicted octanol–water partition coefficient (Wildman–Crippen LogP) is 3.23. The predicted molar refractivity (Wildman–Crippen MR) is 153 cm³/mol. The van der Waals surface area contributed by atoms with Crippen molar-refractivity contribution in [3.8, 4) is 17.0 Å². The summed E-state index contributed by atoms with van der Waals surface area (Å²) < 4.78 is 66.7. The summed E-state index contributed by atoms with van der Waals surface area (Å²) in [4.78, 5) is 21.7. The Kier molecular flexibility index (Phi) is 9.13. The summed E-state index contributed by atoms with van der Waals surface area (Å²) in [7, 11) is -2.78. The molecule has 4 unspecified atom stereocenters. The van der Waals surface area contributed by atoms with Crippen LogP contribution in [0.15, 0.2) is 47.5 Å². The third-order valence-electron chi connectivity index (χ3n) is 7.44. The zero-order valence-electron chi connectivity index (χ0n) is 23.3. The van der Waals surface area contributed by atoms with Crippen LogP contribution in [0.4, 0.5) is 14.7 Å². The van der Waals surface area contributed by atoms with E-state index in [2.05, 4.69) is 20.6 Å². The van der Waals surface area contributed by atoms with E-state index < -0.39 is 52.7 Å². The molecule has 15 heteroatoms. The van der Waals surface area contributed by atoms with Crippen molar-refractivity contribution in [2.24, 2.45) is 0 Å². The first-order valence-electron chi connectivity index (χ1n) is 13.4. The first-order chi connectivity index (χ1) is 20.5. The highest BCUT2D eigenvalue weighted by Crippen LogP contribution is 2.37. The van der Waals surface area contributed by atoms with E-state index in [1.54, 1.807) is 12.1 Å². The number of fused-ring (bicyclic) bond motifs is 1. The van der Waals surface area contributed by atoms with Crippen LogP contribution in [0.2, 0.25) is 5.02 Å². The van der Waals surface area contributed by atoms with Crippen LogP contribution < -0.4 is 15.4 Å². The molecule has 3 heterocycles. The number of hydrogen-bond donors (Lipinski definition) is 3. The van der Waals surface area contributed by atoms with Gasteiger partial charge in [-0.05, 0) is 42.7 Å². The number of aromatic nitrogens is 2. The zero-order chi connectivity index (χ0) is 30.9. The lowest BCUT2D eigenvalue weighted by molar-refractivity contribution is -0.125. The van der Waals surface area contributed by atoms with Crippen LogP contribution in [0.5, 0.6) is 5.75 Å². The van der Waals surface area contributed by atoms with Crippen LogP contribution in [0, 0.1) is 5.82 Å². The van der Waals surface area contributed by atoms with Crippen molar-refractivity contribution in [2.75, 3.05) is 32.2 Å². The minimum absolute atomic E-state index is 0.0179. The van der Waals surface area contributed by atoms with E-state index in [0.717, 1.165) is 16.4 Å². The first kappa shape index (κ1) is 31.0. The van der Waals surface area contributed by atoms with E-state index in [1.807, 2.05) is 0 Å². The highest BCUT2D eigenvalue weighted by atomic mass is 35.5. The average Bonchev–Trinajstić information content (AvgIpc) is 3.26. The number of methoxy groups -OCH3 is 1. The molecule has 43 heavy (non-hydrogen) atoms. The maximum absolute atomic E-state index is 14.3. The molecule has 11 nitrogen and oxygen atoms in total. The fraction of sp³-hybridized carbons (Fsp3) is 0.393. The standard InChI is InChI=1S/C28H30ClF2N5O6S/c1-15(27(38)33-24(13-37)18-7-19(30)10-20(8-18)41-2)36-12-17-4-3-16(9-25(17)43(36,39)40)26-21(29)11-32-28(35-26)34-23-5-6-42-14-22(23)31/h3-4,7-11,15,22-24,37H,5-6,12-14H2,1-2H3,(H,33,38)(H,32,34,35). The second-order valence-corrected chi connectivity index (χ2v) is 12.5. The number of rotatable bonds is 9. The van der Waals surface area contributed by atoms with E-state index in [1.165, 1.54) is 32.4 Å². The van der Waals surface area contributed by atoms with Crippen LogP contribution in [-0.4, -0.2) is 78.9 Å². The van der Waals surface area contributed by atoms with Gasteiger partial charge in [-0.1, -0.05) is 23.7 Å². The van der Waals surface area contributed by atoms with Crippen LogP contribution in [0.1, 0.15) is 30.5 Å². The Morgan fingerprint density at radius 2 is 2.09 bits per heavy atom. The lowest BCUT2D eigenvalue weighted by atomic mass is 10.1. The average molecular weight is 638 g/mol. The molecule has 0 bridgehead atoms. The maximum atomic E-state index is 14.3. The van der Waals surface area contributed by atoms with Gasteiger partial charge in [-0.2, -0.15) is 4.31 Å². The quantitative estimate of drug-likeness (QED) is 0.322. The normalized spacial score (nSPS) is 21.1. The summed E-state index contributed by atoms with van der Waals surface area (Å²) in [6, 6.07) is 5.76. The van der Waals surface area contributed by atoms with Gasteiger partial charge in [-0.15, -0.1) is 0 Å². The molecule has 1 fully saturated rings. The first-order valence-corrected chi connectivity index (χ1v) is 15.3. The van der Waals surface area contributed by atoms with Crippen molar-refractivity contribution in [1.29, 1.82) is 0 Å². The van der Waals surface area contributed by atoms with Gasteiger partial charge in [0.15, 0.2) is 0 Å². The molecule has 3 N–H and O–H groups in total. The number of aliphatic hydroxyl groups excluding tert-OH is 1. The molecule has 2 aliphatic heterocycles. The van der Waals surface area contributed by atoms with Crippen LogP contribution in [-0.2, 0) is 26.1 Å². The van der Waals surface area contributed by atoms with Gasteiger partial charge in [0.2, 0.25) is 21.9 Å². The Balaban J connectivity index is 1.35. The number of nitrogens with one attached hydrogen (secondary N) is 2. The number of carbonyl (C=O) groups excluding carboxylic acids is 1. The van der Waals surface area contributed by atoms with Gasteiger partial charge in [-0.3, -0.25) is 4.79 Å². The molecule has 2 aliphatic rings. The molecule has 0 aliphatic carbocycles. The number of carbonyl (C=O) groups is 1. The number of alkyl halides is 1. The number of amides is 1. The third kappa shape index (κ3) is 6.43. The van der Waals surface area contributed by atoms with Crippen LogP contribution in [0.3, 0.4) is 0 Å². The van der Waals surface area contributed by atoms with Gasteiger partial charge in [0.05, 0.1) is 54.2 Å². The Hall–Kier alpha value is -3.43. The van der Waals surface area contributed by atoms with Gasteiger partial charge in [-0.25, -0.2) is 27.2 Å². The zero-order valence-corrected chi connectivity index (χ0v) is 24.8. The van der Waals surface area contributed by atoms with E-state index in [4.69, 9.17) is 21.1 Å². The molecular formula is C28H30ClF2N5O6S. The number of hydrogen-bond acceptors (Lipinski definition) is 9. The van der Waals surface area contributed by atoms with Crippen molar-refractivity contribution in [3.63, 3.8) is 0 Å². The lowest BCUT2D eigenvalue weighted by Gasteiger charge is -2.26. The SMILES string of the molecule is COc1cc(F)cc(C(CO)NC(=O)C(C)N2Cc3ccc(-c4nc(NC5CCOCC5F)ncc4Cl)cc3S2(=O)=O)c1. The highest BCUT2D eigenvalue weighted by molar-refractivity contribution is 7.89. The van der Waals surface area contributed by atoms with Crippen molar-refractivity contribution in [3.05, 3.63) is 64.6 Å². The smallest absolute Gasteiger partial charge is 0.244 e. The van der Waals surface area contributed by atoms with Crippen molar-refractivity contribution in [1.82, 2.24) is 19.6 Å². The van der Waals surface area contributed by atoms with E-state index in [-0.39, 0.29) is 46.0 Å². The fourth-order valence-electron chi connectivity index (χ4n) is 5.03. The fourth-order valence-corrected chi connectivity index (χ4v) is 7.04. The Bertz CT molecular complexity index is 1630. The second kappa shape index (κ2) is 12.7. The van der Waals surface area contributed by atoms with Crippen molar-refractivity contribution < 1.29 is 36.6 Å². The third-order valence-corrected chi connectivity index (χ3v) is 9.72. The molecule has 0 saturated carbocycles. The summed E-state index contributed by atoms with van der Waals surface area (Å²) in [5.74, 6) is -0.970. The van der Waals surface area contributed by atoms with E-state index in [0.29, 0.717) is 24.2 Å². The van der Waals surface area contributed by atoms with Gasteiger partial charge in [0.25, 0.3) is 0 Å². The molecule has 1 amide bonds. The Labute approximate surface area is 252 Å². The van der Waals surface area contributed by atoms with Gasteiger partial charge < -0.3 is 25.2 Å². The minimum atomic E-state index is -4.13. The lowest BCUT2D eigenvalue weighted by Crippen LogP contribution is -2.46. The molecule has 3 aromatic rings. The number of halogens is 3. The molecule has 0 radical (unpaired) electrons. The summed E-state index contributed by atoms with van der Waals surface area (Å²) in [5, 5.41) is 15.6. The largest absolute Gasteiger partial charge is 0.497 e. The number of nitrogens with zero attached hydrogens (tertiary/aromatic N) is 3. The van der Waals surface area contributed by atoms with Gasteiger partial charge in [0, 0.05) is 24.8 Å². The highest BCUT2D eigenvalue weighted by Gasteiger charge is 2.41. The molecule has 2 aromatic carbocycles. The van der Waals surface area contributed by atoms with E-state index >= 15 is 0 Å². The summed E-state index contributed by atoms with van der Waals surface area (Å²) >= 11 is 6.37. The molecule has 0 spiro atoms. The number of sulfonamides is 1. The van der Waals surface area contributed by atoms with E-state index in [9.17, 15) is 27.1 Å². The van der Waals surface area contributed by atoms with Gasteiger partial charge >= 0.3 is 0 Å². The van der Waals surface area contributed by atoms with Crippen molar-refractivity contribution >= 4 is 33.5 Å². The molecule has 1 saturated heterocycles. The van der Waals surface area contributed by atoms with Crippen LogP contribution >= 0.6 is 11.6 Å².